The molecule has 0 aliphatic heterocycles. The van der Waals surface area contributed by atoms with E-state index in [4.69, 9.17) is 11.6 Å². The van der Waals surface area contributed by atoms with E-state index in [0.717, 1.165) is 11.0 Å². The molecule has 0 saturated carbocycles. The van der Waals surface area contributed by atoms with Crippen LogP contribution in [0.1, 0.15) is 12.8 Å². The minimum atomic E-state index is -4.81. The maximum absolute atomic E-state index is 12.3. The van der Waals surface area contributed by atoms with Crippen molar-refractivity contribution in [2.45, 2.75) is 24.1 Å². The fourth-order valence-electron chi connectivity index (χ4n) is 1.95. The number of para-hydroxylation sites is 2. The van der Waals surface area contributed by atoms with Gasteiger partial charge in [0.2, 0.25) is 5.91 Å². The van der Waals surface area contributed by atoms with Crippen LogP contribution >= 0.6 is 23.4 Å². The van der Waals surface area contributed by atoms with Gasteiger partial charge < -0.3 is 10.1 Å². The zero-order valence-corrected chi connectivity index (χ0v) is 14.5. The summed E-state index contributed by atoms with van der Waals surface area (Å²) in [5, 5.41) is 3.10. The van der Waals surface area contributed by atoms with Gasteiger partial charge in [-0.05, 0) is 48.6 Å². The molecule has 0 unspecified atom stereocenters. The second-order valence-corrected chi connectivity index (χ2v) is 6.60. The molecule has 2 aromatic rings. The summed E-state index contributed by atoms with van der Waals surface area (Å²) in [5.74, 6) is -0.0933. The number of rotatable bonds is 7. The molecule has 0 atom stereocenters. The van der Waals surface area contributed by atoms with Gasteiger partial charge in [-0.25, -0.2) is 0 Å². The number of alkyl halides is 3. The summed E-state index contributed by atoms with van der Waals surface area (Å²) in [6, 6.07) is 12.8. The van der Waals surface area contributed by atoms with Crippen molar-refractivity contribution in [2.24, 2.45) is 0 Å². The molecule has 3 nitrogen and oxygen atoms in total. The van der Waals surface area contributed by atoms with Crippen LogP contribution in [0.2, 0.25) is 5.02 Å². The molecule has 25 heavy (non-hydrogen) atoms. The molecule has 1 amide bonds. The maximum Gasteiger partial charge on any atom is 0.573 e. The van der Waals surface area contributed by atoms with Gasteiger partial charge in [0, 0.05) is 16.3 Å². The predicted octanol–water partition coefficient (Wildman–Crippen LogP) is 5.75. The van der Waals surface area contributed by atoms with E-state index in [9.17, 15) is 18.0 Å². The number of ether oxygens (including phenoxy) is 1. The first-order valence-corrected chi connectivity index (χ1v) is 8.73. The highest BCUT2D eigenvalue weighted by Gasteiger charge is 2.32. The lowest BCUT2D eigenvalue weighted by atomic mass is 10.2. The standard InChI is InChI=1S/C17H15ClF3NO2S/c18-12-7-9-13(10-8-12)25-11-3-6-16(23)22-14-4-1-2-5-15(14)24-17(19,20)21/h1-2,4-5,7-10H,3,6,11H2,(H,22,23). The number of anilines is 1. The summed E-state index contributed by atoms with van der Waals surface area (Å²) >= 11 is 7.38. The third kappa shape index (κ3) is 7.27. The maximum atomic E-state index is 12.3. The van der Waals surface area contributed by atoms with Crippen LogP contribution in [0.4, 0.5) is 18.9 Å². The van der Waals surface area contributed by atoms with Crippen molar-refractivity contribution in [1.29, 1.82) is 0 Å². The molecule has 2 aromatic carbocycles. The minimum absolute atomic E-state index is 0.00446. The quantitative estimate of drug-likeness (QED) is 0.484. The average Bonchev–Trinajstić information content (AvgIpc) is 2.54. The van der Waals surface area contributed by atoms with Gasteiger partial charge in [-0.1, -0.05) is 23.7 Å². The highest BCUT2D eigenvalue weighted by atomic mass is 35.5. The number of carbonyl (C=O) groups excluding carboxylic acids is 1. The molecule has 2 rings (SSSR count). The number of benzene rings is 2. The van der Waals surface area contributed by atoms with E-state index in [1.165, 1.54) is 18.2 Å². The molecule has 8 heteroatoms. The lowest BCUT2D eigenvalue weighted by molar-refractivity contribution is -0.274. The summed E-state index contributed by atoms with van der Waals surface area (Å²) in [4.78, 5) is 12.9. The molecule has 0 saturated heterocycles. The van der Waals surface area contributed by atoms with E-state index in [-0.39, 0.29) is 18.0 Å². The largest absolute Gasteiger partial charge is 0.573 e. The van der Waals surface area contributed by atoms with Crippen molar-refractivity contribution in [3.63, 3.8) is 0 Å². The number of nitrogens with one attached hydrogen (secondary N) is 1. The second-order valence-electron chi connectivity index (χ2n) is 5.00. The monoisotopic (exact) mass is 389 g/mol. The van der Waals surface area contributed by atoms with Crippen LogP contribution in [0, 0.1) is 0 Å². The number of carbonyl (C=O) groups is 1. The Morgan fingerprint density at radius 1 is 1.12 bits per heavy atom. The Hall–Kier alpha value is -1.86. The molecule has 0 aliphatic rings. The SMILES string of the molecule is O=C(CCCSc1ccc(Cl)cc1)Nc1ccccc1OC(F)(F)F. The lowest BCUT2D eigenvalue weighted by Gasteiger charge is -2.13. The van der Waals surface area contributed by atoms with Crippen LogP contribution in [0.5, 0.6) is 5.75 Å². The Bertz CT molecular complexity index is 708. The van der Waals surface area contributed by atoms with Crippen LogP contribution in [0.15, 0.2) is 53.4 Å². The number of halogens is 4. The molecule has 0 aliphatic carbocycles. The highest BCUT2D eigenvalue weighted by Crippen LogP contribution is 2.30. The lowest BCUT2D eigenvalue weighted by Crippen LogP contribution is -2.19. The van der Waals surface area contributed by atoms with Crippen LogP contribution in [0.25, 0.3) is 0 Å². The summed E-state index contributed by atoms with van der Waals surface area (Å²) in [7, 11) is 0. The summed E-state index contributed by atoms with van der Waals surface area (Å²) in [6.07, 6.45) is -4.03. The van der Waals surface area contributed by atoms with Crippen LogP contribution in [0.3, 0.4) is 0 Å². The summed E-state index contributed by atoms with van der Waals surface area (Å²) in [6.45, 7) is 0. The first-order valence-electron chi connectivity index (χ1n) is 7.36. The van der Waals surface area contributed by atoms with E-state index < -0.39 is 12.1 Å². The Labute approximate surface area is 152 Å². The van der Waals surface area contributed by atoms with Gasteiger partial charge >= 0.3 is 6.36 Å². The molecule has 0 heterocycles. The van der Waals surface area contributed by atoms with E-state index in [2.05, 4.69) is 10.1 Å². The molecule has 134 valence electrons. The molecule has 0 spiro atoms. The van der Waals surface area contributed by atoms with Crippen molar-refractivity contribution in [3.05, 3.63) is 53.6 Å². The fourth-order valence-corrected chi connectivity index (χ4v) is 2.93. The Kier molecular flexibility index (Phi) is 7.01. The zero-order chi connectivity index (χ0) is 18.3. The van der Waals surface area contributed by atoms with Gasteiger partial charge in [0.25, 0.3) is 0 Å². The van der Waals surface area contributed by atoms with Gasteiger partial charge in [-0.3, -0.25) is 4.79 Å². The predicted molar refractivity (Wildman–Crippen MR) is 93.2 cm³/mol. The molecule has 0 radical (unpaired) electrons. The van der Waals surface area contributed by atoms with E-state index in [1.807, 2.05) is 12.1 Å². The highest BCUT2D eigenvalue weighted by molar-refractivity contribution is 7.99. The Morgan fingerprint density at radius 3 is 2.48 bits per heavy atom. The fraction of sp³-hybridized carbons (Fsp3) is 0.235. The van der Waals surface area contributed by atoms with E-state index >= 15 is 0 Å². The van der Waals surface area contributed by atoms with Gasteiger partial charge in [-0.2, -0.15) is 0 Å². The Balaban J connectivity index is 1.79. The van der Waals surface area contributed by atoms with Crippen molar-refractivity contribution in [3.8, 4) is 5.75 Å². The molecular weight excluding hydrogens is 375 g/mol. The Morgan fingerprint density at radius 2 is 1.80 bits per heavy atom. The second kappa shape index (κ2) is 9.01. The van der Waals surface area contributed by atoms with Crippen LogP contribution < -0.4 is 10.1 Å². The third-order valence-electron chi connectivity index (χ3n) is 3.02. The van der Waals surface area contributed by atoms with Crippen molar-refractivity contribution in [2.75, 3.05) is 11.1 Å². The molecule has 0 aromatic heterocycles. The molecule has 1 N–H and O–H groups in total. The van der Waals surface area contributed by atoms with Gasteiger partial charge in [0.1, 0.15) is 0 Å². The van der Waals surface area contributed by atoms with Crippen LogP contribution in [-0.4, -0.2) is 18.0 Å². The average molecular weight is 390 g/mol. The van der Waals surface area contributed by atoms with Gasteiger partial charge in [0.15, 0.2) is 5.75 Å². The normalized spacial score (nSPS) is 11.2. The van der Waals surface area contributed by atoms with Crippen molar-refractivity contribution < 1.29 is 22.7 Å². The first kappa shape index (κ1) is 19.5. The first-order chi connectivity index (χ1) is 11.8. The molecule has 0 bridgehead atoms. The number of hydrogen-bond acceptors (Lipinski definition) is 3. The van der Waals surface area contributed by atoms with Crippen molar-refractivity contribution >= 4 is 35.0 Å². The van der Waals surface area contributed by atoms with E-state index in [1.54, 1.807) is 23.9 Å². The number of thioether (sulfide) groups is 1. The van der Waals surface area contributed by atoms with Crippen molar-refractivity contribution in [1.82, 2.24) is 0 Å². The van der Waals surface area contributed by atoms with E-state index in [0.29, 0.717) is 17.2 Å². The topological polar surface area (TPSA) is 38.3 Å². The molecular formula is C17H15ClF3NO2S. The van der Waals surface area contributed by atoms with Crippen LogP contribution in [-0.2, 0) is 4.79 Å². The minimum Gasteiger partial charge on any atom is -0.404 e. The summed E-state index contributed by atoms with van der Waals surface area (Å²) in [5.41, 5.74) is -0.00446. The van der Waals surface area contributed by atoms with Gasteiger partial charge in [-0.15, -0.1) is 24.9 Å². The summed E-state index contributed by atoms with van der Waals surface area (Å²) < 4.78 is 40.9. The smallest absolute Gasteiger partial charge is 0.404 e. The third-order valence-corrected chi connectivity index (χ3v) is 4.37. The molecule has 0 fully saturated rings. The number of amides is 1. The zero-order valence-electron chi connectivity index (χ0n) is 13.0. The van der Waals surface area contributed by atoms with Gasteiger partial charge in [0.05, 0.1) is 5.69 Å². The number of hydrogen-bond donors (Lipinski definition) is 1.